The number of carbonyl (C=O) groups is 1. The van der Waals surface area contributed by atoms with E-state index in [-0.39, 0.29) is 17.4 Å². The quantitative estimate of drug-likeness (QED) is 0.401. The third kappa shape index (κ3) is 5.53. The van der Waals surface area contributed by atoms with Crippen LogP contribution in [0.3, 0.4) is 0 Å². The van der Waals surface area contributed by atoms with Crippen LogP contribution in [0, 0.1) is 13.8 Å². The maximum absolute atomic E-state index is 13.5. The number of hydrogen-bond acceptors (Lipinski definition) is 3. The third-order valence-corrected chi connectivity index (χ3v) is 5.98. The molecule has 0 atom stereocenters. The summed E-state index contributed by atoms with van der Waals surface area (Å²) < 4.78 is 46.4. The molecule has 0 spiro atoms. The fourth-order valence-electron chi connectivity index (χ4n) is 4.08. The first-order chi connectivity index (χ1) is 16.1. The number of nitrogens with one attached hydrogen (secondary N) is 1. The Kier molecular flexibility index (Phi) is 6.55. The van der Waals surface area contributed by atoms with E-state index in [9.17, 15) is 23.1 Å². The molecule has 0 aromatic heterocycles. The fraction of sp³-hybridized carbons (Fsp3) is 0.296. The summed E-state index contributed by atoms with van der Waals surface area (Å²) in [5.74, 6) is 0.465. The van der Waals surface area contributed by atoms with E-state index in [4.69, 9.17) is 4.74 Å². The van der Waals surface area contributed by atoms with Crippen LogP contribution in [0.4, 0.5) is 18.9 Å². The smallest absolute Gasteiger partial charge is 0.418 e. The minimum Gasteiger partial charge on any atom is -0.508 e. The molecule has 0 saturated heterocycles. The lowest BCUT2D eigenvalue weighted by atomic mass is 10.0. The molecule has 3 aromatic rings. The molecule has 1 fully saturated rings. The number of aromatic hydroxyl groups is 1. The van der Waals surface area contributed by atoms with Crippen LogP contribution in [0.2, 0.25) is 0 Å². The molecule has 3 aromatic carbocycles. The molecule has 1 saturated carbocycles. The molecule has 178 valence electrons. The van der Waals surface area contributed by atoms with Crippen molar-refractivity contribution in [2.24, 2.45) is 0 Å². The van der Waals surface area contributed by atoms with Gasteiger partial charge in [-0.2, -0.15) is 13.2 Å². The summed E-state index contributed by atoms with van der Waals surface area (Å²) in [7, 11) is 0. The Bertz CT molecular complexity index is 1180. The molecule has 2 N–H and O–H groups in total. The highest BCUT2D eigenvalue weighted by atomic mass is 19.4. The second-order valence-electron chi connectivity index (χ2n) is 8.73. The van der Waals surface area contributed by atoms with E-state index in [0.717, 1.165) is 30.0 Å². The molecule has 0 unspecified atom stereocenters. The molecule has 0 radical (unpaired) electrons. The van der Waals surface area contributed by atoms with Crippen LogP contribution in [0.25, 0.3) is 0 Å². The topological polar surface area (TPSA) is 58.6 Å². The number of halogens is 3. The Labute approximate surface area is 196 Å². The van der Waals surface area contributed by atoms with Crippen LogP contribution in [0.15, 0.2) is 54.6 Å². The zero-order valence-corrected chi connectivity index (χ0v) is 19.0. The lowest BCUT2D eigenvalue weighted by molar-refractivity contribution is -0.136. The summed E-state index contributed by atoms with van der Waals surface area (Å²) in [5.41, 5.74) is 2.32. The zero-order chi connectivity index (χ0) is 24.5. The average Bonchev–Trinajstić information content (AvgIpc) is 3.59. The van der Waals surface area contributed by atoms with Gasteiger partial charge in [-0.25, -0.2) is 0 Å². The number of rotatable bonds is 7. The number of hydrogen-bond donors (Lipinski definition) is 2. The van der Waals surface area contributed by atoms with Crippen molar-refractivity contribution in [2.45, 2.75) is 45.2 Å². The average molecular weight is 470 g/mol. The third-order valence-electron chi connectivity index (χ3n) is 5.98. The predicted octanol–water partition coefficient (Wildman–Crippen LogP) is 6.78. The summed E-state index contributed by atoms with van der Waals surface area (Å²) in [6, 6.07) is 14.3. The van der Waals surface area contributed by atoms with Gasteiger partial charge in [-0.15, -0.1) is 0 Å². The maximum Gasteiger partial charge on any atom is 0.418 e. The van der Waals surface area contributed by atoms with Crippen molar-refractivity contribution in [3.63, 3.8) is 0 Å². The number of phenolic OH excluding ortho intramolecular Hbond substituents is 1. The molecule has 34 heavy (non-hydrogen) atoms. The minimum atomic E-state index is -4.57. The SMILES string of the molecule is Cc1cc(OCCc2ccc(O)cc2)cc(C)c1C(=O)Nc1cc(C2CC2)ccc1C(F)(F)F. The first kappa shape index (κ1) is 23.7. The van der Waals surface area contributed by atoms with Crippen molar-refractivity contribution >= 4 is 11.6 Å². The molecule has 4 rings (SSSR count). The first-order valence-corrected chi connectivity index (χ1v) is 11.2. The summed E-state index contributed by atoms with van der Waals surface area (Å²) in [6.07, 6.45) is -2.03. The summed E-state index contributed by atoms with van der Waals surface area (Å²) in [6.45, 7) is 3.87. The summed E-state index contributed by atoms with van der Waals surface area (Å²) in [5, 5.41) is 11.9. The Hall–Kier alpha value is -3.48. The standard InChI is InChI=1S/C27H26F3NO3/c1-16-13-22(34-12-11-18-3-8-21(32)9-4-18)14-17(2)25(16)26(33)31-24-15-20(19-5-6-19)7-10-23(24)27(28,29)30/h3-4,7-10,13-15,19,32H,5-6,11-12H2,1-2H3,(H,31,33). The van der Waals surface area contributed by atoms with E-state index >= 15 is 0 Å². The molecular weight excluding hydrogens is 443 g/mol. The Balaban J connectivity index is 1.49. The van der Waals surface area contributed by atoms with Gasteiger partial charge < -0.3 is 15.2 Å². The van der Waals surface area contributed by atoms with Crippen LogP contribution >= 0.6 is 0 Å². The fourth-order valence-corrected chi connectivity index (χ4v) is 4.08. The molecule has 4 nitrogen and oxygen atoms in total. The van der Waals surface area contributed by atoms with Gasteiger partial charge in [0.25, 0.3) is 5.91 Å². The number of phenols is 1. The number of amides is 1. The second-order valence-corrected chi connectivity index (χ2v) is 8.73. The molecule has 0 heterocycles. The summed E-state index contributed by atoms with van der Waals surface area (Å²) in [4.78, 5) is 13.0. The van der Waals surface area contributed by atoms with Gasteiger partial charge >= 0.3 is 6.18 Å². The molecular formula is C27H26F3NO3. The Morgan fingerprint density at radius 1 is 1.03 bits per heavy atom. The number of anilines is 1. The van der Waals surface area contributed by atoms with Crippen LogP contribution in [-0.4, -0.2) is 17.6 Å². The van der Waals surface area contributed by atoms with Crippen molar-refractivity contribution in [1.29, 1.82) is 0 Å². The normalized spacial score (nSPS) is 13.6. The number of alkyl halides is 3. The van der Waals surface area contributed by atoms with Gasteiger partial charge in [-0.05, 0) is 91.3 Å². The zero-order valence-electron chi connectivity index (χ0n) is 19.0. The molecule has 1 aliphatic rings. The monoisotopic (exact) mass is 469 g/mol. The molecule has 1 aliphatic carbocycles. The van der Waals surface area contributed by atoms with E-state index in [0.29, 0.717) is 35.5 Å². The minimum absolute atomic E-state index is 0.200. The van der Waals surface area contributed by atoms with Gasteiger partial charge in [0.2, 0.25) is 0 Å². The van der Waals surface area contributed by atoms with Crippen LogP contribution in [0.5, 0.6) is 11.5 Å². The van der Waals surface area contributed by atoms with Crippen molar-refractivity contribution in [3.8, 4) is 11.5 Å². The second kappa shape index (κ2) is 9.41. The maximum atomic E-state index is 13.5. The van der Waals surface area contributed by atoms with E-state index in [1.165, 1.54) is 12.1 Å². The largest absolute Gasteiger partial charge is 0.508 e. The van der Waals surface area contributed by atoms with Gasteiger partial charge in [0.05, 0.1) is 17.9 Å². The Morgan fingerprint density at radius 2 is 1.68 bits per heavy atom. The van der Waals surface area contributed by atoms with Crippen LogP contribution in [0.1, 0.15) is 56.9 Å². The molecule has 1 amide bonds. The number of benzene rings is 3. The van der Waals surface area contributed by atoms with Crippen LogP contribution in [-0.2, 0) is 12.6 Å². The molecule has 0 bridgehead atoms. The lowest BCUT2D eigenvalue weighted by Crippen LogP contribution is -2.19. The number of aryl methyl sites for hydroxylation is 2. The lowest BCUT2D eigenvalue weighted by Gasteiger charge is -2.17. The predicted molar refractivity (Wildman–Crippen MR) is 125 cm³/mol. The van der Waals surface area contributed by atoms with Gasteiger partial charge in [-0.1, -0.05) is 18.2 Å². The van der Waals surface area contributed by atoms with Crippen molar-refractivity contribution in [3.05, 3.63) is 88.0 Å². The van der Waals surface area contributed by atoms with Gasteiger partial charge in [0.1, 0.15) is 11.5 Å². The highest BCUT2D eigenvalue weighted by Crippen LogP contribution is 2.43. The highest BCUT2D eigenvalue weighted by molar-refractivity contribution is 6.06. The van der Waals surface area contributed by atoms with Gasteiger partial charge in [0.15, 0.2) is 0 Å². The Morgan fingerprint density at radius 3 is 2.26 bits per heavy atom. The highest BCUT2D eigenvalue weighted by Gasteiger charge is 2.35. The van der Waals surface area contributed by atoms with E-state index < -0.39 is 17.6 Å². The summed E-state index contributed by atoms with van der Waals surface area (Å²) >= 11 is 0. The van der Waals surface area contributed by atoms with E-state index in [1.807, 2.05) is 12.1 Å². The van der Waals surface area contributed by atoms with Crippen molar-refractivity contribution in [2.75, 3.05) is 11.9 Å². The molecule has 7 heteroatoms. The number of ether oxygens (including phenoxy) is 1. The van der Waals surface area contributed by atoms with Gasteiger partial charge in [0, 0.05) is 12.0 Å². The van der Waals surface area contributed by atoms with Crippen molar-refractivity contribution in [1.82, 2.24) is 0 Å². The molecule has 0 aliphatic heterocycles. The number of carbonyl (C=O) groups excluding carboxylic acids is 1. The van der Waals surface area contributed by atoms with E-state index in [2.05, 4.69) is 5.32 Å². The van der Waals surface area contributed by atoms with E-state index in [1.54, 1.807) is 38.1 Å². The first-order valence-electron chi connectivity index (χ1n) is 11.2. The van der Waals surface area contributed by atoms with Crippen molar-refractivity contribution < 1.29 is 27.8 Å². The van der Waals surface area contributed by atoms with Gasteiger partial charge in [-0.3, -0.25) is 4.79 Å². The van der Waals surface area contributed by atoms with Crippen LogP contribution < -0.4 is 10.1 Å².